The van der Waals surface area contributed by atoms with Gasteiger partial charge in [-0.2, -0.15) is 0 Å². The van der Waals surface area contributed by atoms with Crippen LogP contribution < -0.4 is 5.32 Å². The van der Waals surface area contributed by atoms with Gasteiger partial charge in [0.25, 0.3) is 0 Å². The van der Waals surface area contributed by atoms with Gasteiger partial charge in [0.1, 0.15) is 5.75 Å². The van der Waals surface area contributed by atoms with Gasteiger partial charge in [-0.3, -0.25) is 4.79 Å². The van der Waals surface area contributed by atoms with Crippen LogP contribution in [0.2, 0.25) is 5.02 Å². The van der Waals surface area contributed by atoms with E-state index in [0.717, 1.165) is 29.2 Å². The van der Waals surface area contributed by atoms with Crippen LogP contribution in [-0.2, 0) is 4.79 Å². The molecule has 0 aliphatic carbocycles. The van der Waals surface area contributed by atoms with Gasteiger partial charge in [-0.05, 0) is 41.5 Å². The number of aromatic carboxylic acids is 1. The quantitative estimate of drug-likeness (QED) is 0.458. The van der Waals surface area contributed by atoms with E-state index in [-0.39, 0.29) is 29.6 Å². The zero-order valence-electron chi connectivity index (χ0n) is 16.0. The minimum atomic E-state index is -1.08. The van der Waals surface area contributed by atoms with Crippen molar-refractivity contribution in [2.75, 3.05) is 5.32 Å². The molecule has 0 saturated carbocycles. The Labute approximate surface area is 173 Å². The van der Waals surface area contributed by atoms with Crippen molar-refractivity contribution in [1.29, 1.82) is 0 Å². The molecule has 3 rings (SSSR count). The number of rotatable bonds is 7. The average molecular weight is 412 g/mol. The molecule has 29 heavy (non-hydrogen) atoms. The molecule has 0 fully saturated rings. The molecule has 0 aromatic heterocycles. The Kier molecular flexibility index (Phi) is 6.39. The fourth-order valence-electron chi connectivity index (χ4n) is 3.49. The van der Waals surface area contributed by atoms with Crippen LogP contribution in [0.25, 0.3) is 10.8 Å². The number of hydrogen-bond acceptors (Lipinski definition) is 3. The molecule has 0 aliphatic rings. The number of phenolic OH excluding ortho intramolecular Hbond substituents is 1. The Morgan fingerprint density at radius 2 is 1.86 bits per heavy atom. The fraction of sp³-hybridized carbons (Fsp3) is 0.217. The Morgan fingerprint density at radius 1 is 1.10 bits per heavy atom. The average Bonchev–Trinajstić information content (AvgIpc) is 2.70. The van der Waals surface area contributed by atoms with E-state index >= 15 is 0 Å². The van der Waals surface area contributed by atoms with Crippen LogP contribution in [0.5, 0.6) is 5.75 Å². The van der Waals surface area contributed by atoms with E-state index in [1.165, 1.54) is 6.07 Å². The fourth-order valence-corrected chi connectivity index (χ4v) is 3.73. The van der Waals surface area contributed by atoms with Crippen molar-refractivity contribution in [3.63, 3.8) is 0 Å². The predicted molar refractivity (Wildman–Crippen MR) is 115 cm³/mol. The van der Waals surface area contributed by atoms with Gasteiger partial charge in [0.05, 0.1) is 16.3 Å². The number of phenols is 1. The third kappa shape index (κ3) is 4.69. The molecule has 0 saturated heterocycles. The number of carboxylic acids is 1. The molecule has 3 N–H and O–H groups in total. The Balaban J connectivity index is 1.83. The first-order valence-electron chi connectivity index (χ1n) is 9.44. The summed E-state index contributed by atoms with van der Waals surface area (Å²) in [6.45, 7) is 2.06. The number of benzene rings is 3. The highest BCUT2D eigenvalue weighted by Crippen LogP contribution is 2.35. The lowest BCUT2D eigenvalue weighted by Crippen LogP contribution is -2.17. The molecule has 0 aliphatic heterocycles. The lowest BCUT2D eigenvalue weighted by atomic mass is 9.89. The molecule has 5 nitrogen and oxygen atoms in total. The van der Waals surface area contributed by atoms with Gasteiger partial charge in [0.2, 0.25) is 5.91 Å². The van der Waals surface area contributed by atoms with E-state index in [2.05, 4.69) is 12.2 Å². The van der Waals surface area contributed by atoms with Crippen molar-refractivity contribution in [2.24, 2.45) is 0 Å². The maximum absolute atomic E-state index is 12.6. The topological polar surface area (TPSA) is 86.6 Å². The smallest absolute Gasteiger partial charge is 0.337 e. The third-order valence-electron chi connectivity index (χ3n) is 4.93. The minimum absolute atomic E-state index is 0.0195. The van der Waals surface area contributed by atoms with Crippen molar-refractivity contribution in [1.82, 2.24) is 0 Å². The predicted octanol–water partition coefficient (Wildman–Crippen LogP) is 5.81. The molecule has 3 aromatic carbocycles. The van der Waals surface area contributed by atoms with Gasteiger partial charge in [0, 0.05) is 11.8 Å². The number of carbonyl (C=O) groups excluding carboxylic acids is 1. The highest BCUT2D eigenvalue weighted by atomic mass is 35.5. The number of carboxylic acid groups (broad SMARTS) is 1. The summed E-state index contributed by atoms with van der Waals surface area (Å²) in [5, 5.41) is 23.7. The van der Waals surface area contributed by atoms with Crippen molar-refractivity contribution < 1.29 is 19.8 Å². The molecule has 0 heterocycles. The van der Waals surface area contributed by atoms with E-state index < -0.39 is 5.97 Å². The van der Waals surface area contributed by atoms with Gasteiger partial charge in [-0.15, -0.1) is 0 Å². The maximum atomic E-state index is 12.6. The first-order valence-corrected chi connectivity index (χ1v) is 9.81. The molecule has 0 spiro atoms. The summed E-state index contributed by atoms with van der Waals surface area (Å²) < 4.78 is 0. The number of amides is 1. The molecule has 1 atom stereocenters. The van der Waals surface area contributed by atoms with Crippen molar-refractivity contribution >= 4 is 39.9 Å². The number of nitrogens with one attached hydrogen (secondary N) is 1. The number of fused-ring (bicyclic) bond motifs is 1. The van der Waals surface area contributed by atoms with Gasteiger partial charge in [-0.25, -0.2) is 4.79 Å². The first-order chi connectivity index (χ1) is 13.9. The Hall–Kier alpha value is -3.05. The molecular weight excluding hydrogens is 390 g/mol. The van der Waals surface area contributed by atoms with E-state index in [0.29, 0.717) is 10.7 Å². The van der Waals surface area contributed by atoms with Crippen LogP contribution in [0.4, 0.5) is 5.69 Å². The summed E-state index contributed by atoms with van der Waals surface area (Å²) in [5.41, 5.74) is 1.36. The van der Waals surface area contributed by atoms with E-state index in [9.17, 15) is 19.8 Å². The molecule has 150 valence electrons. The third-order valence-corrected chi connectivity index (χ3v) is 5.33. The highest BCUT2D eigenvalue weighted by molar-refractivity contribution is 6.37. The van der Waals surface area contributed by atoms with Gasteiger partial charge >= 0.3 is 5.97 Å². The second-order valence-electron chi connectivity index (χ2n) is 6.97. The molecule has 0 radical (unpaired) electrons. The zero-order valence-corrected chi connectivity index (χ0v) is 16.7. The van der Waals surface area contributed by atoms with Gasteiger partial charge in [0.15, 0.2) is 0 Å². The van der Waals surface area contributed by atoms with Crippen LogP contribution in [0, 0.1) is 0 Å². The SMILES string of the molecule is CCCC(CC(=O)Nc1ccccc1C(=O)O)c1ccc2c(Cl)c(O)ccc2c1. The van der Waals surface area contributed by atoms with E-state index in [1.54, 1.807) is 30.3 Å². The normalized spacial score (nSPS) is 11.9. The molecule has 0 bridgehead atoms. The number of aromatic hydroxyl groups is 1. The largest absolute Gasteiger partial charge is 0.506 e. The zero-order chi connectivity index (χ0) is 21.0. The summed E-state index contributed by atoms with van der Waals surface area (Å²) >= 11 is 6.17. The van der Waals surface area contributed by atoms with E-state index in [4.69, 9.17) is 11.6 Å². The van der Waals surface area contributed by atoms with Crippen molar-refractivity contribution in [2.45, 2.75) is 32.1 Å². The van der Waals surface area contributed by atoms with Gasteiger partial charge < -0.3 is 15.5 Å². The lowest BCUT2D eigenvalue weighted by molar-refractivity contribution is -0.116. The van der Waals surface area contributed by atoms with Crippen molar-refractivity contribution in [3.8, 4) is 5.75 Å². The summed E-state index contributed by atoms with van der Waals surface area (Å²) in [5.74, 6) is -1.30. The second kappa shape index (κ2) is 8.97. The Bertz CT molecular complexity index is 1060. The number of para-hydroxylation sites is 1. The molecule has 1 unspecified atom stereocenters. The maximum Gasteiger partial charge on any atom is 0.337 e. The lowest BCUT2D eigenvalue weighted by Gasteiger charge is -2.18. The monoisotopic (exact) mass is 411 g/mol. The van der Waals surface area contributed by atoms with Crippen molar-refractivity contribution in [3.05, 3.63) is 70.7 Å². The molecule has 6 heteroatoms. The van der Waals surface area contributed by atoms with Crippen LogP contribution >= 0.6 is 11.6 Å². The molecular formula is C23H22ClNO4. The number of anilines is 1. The standard InChI is InChI=1S/C23H22ClNO4/c1-2-5-14(13-21(27)25-19-7-4-3-6-18(19)23(28)29)15-8-10-17-16(12-15)9-11-20(26)22(17)24/h3-4,6-12,14,26H,2,5,13H2,1H3,(H,25,27)(H,28,29). The first kappa shape index (κ1) is 20.7. The molecule has 1 amide bonds. The Morgan fingerprint density at radius 3 is 2.59 bits per heavy atom. The van der Waals surface area contributed by atoms with Gasteiger partial charge in [-0.1, -0.05) is 61.3 Å². The number of halogens is 1. The van der Waals surface area contributed by atoms with E-state index in [1.807, 2.05) is 18.2 Å². The minimum Gasteiger partial charge on any atom is -0.506 e. The summed E-state index contributed by atoms with van der Waals surface area (Å²) in [4.78, 5) is 24.0. The summed E-state index contributed by atoms with van der Waals surface area (Å²) in [7, 11) is 0. The number of hydrogen-bond donors (Lipinski definition) is 3. The highest BCUT2D eigenvalue weighted by Gasteiger charge is 2.18. The summed E-state index contributed by atoms with van der Waals surface area (Å²) in [6, 6.07) is 15.5. The van der Waals surface area contributed by atoms with Crippen LogP contribution in [0.3, 0.4) is 0 Å². The summed E-state index contributed by atoms with van der Waals surface area (Å²) in [6.07, 6.45) is 1.95. The number of carbonyl (C=O) groups is 2. The molecule has 3 aromatic rings. The van der Waals surface area contributed by atoms with Crippen LogP contribution in [0.15, 0.2) is 54.6 Å². The van der Waals surface area contributed by atoms with Crippen LogP contribution in [-0.4, -0.2) is 22.1 Å². The second-order valence-corrected chi connectivity index (χ2v) is 7.35. The van der Waals surface area contributed by atoms with Crippen LogP contribution in [0.1, 0.15) is 48.0 Å².